The third-order valence-corrected chi connectivity index (χ3v) is 4.63. The smallest absolute Gasteiger partial charge is 0.402 e. The van der Waals surface area contributed by atoms with Crippen LogP contribution in [0.2, 0.25) is 0 Å². The highest BCUT2D eigenvalue weighted by Crippen LogP contribution is 2.63. The maximum atomic E-state index is 13.4. The predicted molar refractivity (Wildman–Crippen MR) is 70.5 cm³/mol. The van der Waals surface area contributed by atoms with Crippen molar-refractivity contribution in [3.63, 3.8) is 0 Å². The van der Waals surface area contributed by atoms with Crippen LogP contribution in [0.25, 0.3) is 0 Å². The van der Waals surface area contributed by atoms with Gasteiger partial charge < -0.3 is 10.7 Å². The highest BCUT2D eigenvalue weighted by Gasteiger charge is 2.94. The van der Waals surface area contributed by atoms with Gasteiger partial charge in [-0.2, -0.15) is 74.6 Å². The first kappa shape index (κ1) is 34.8. The Morgan fingerprint density at radius 3 is 1.18 bits per heavy atom. The van der Waals surface area contributed by atoms with Gasteiger partial charge in [0.1, 0.15) is 0 Å². The Morgan fingerprint density at radius 1 is 0.588 bits per heavy atom. The minimum absolute atomic E-state index is 0. The average molecular weight is 577 g/mol. The molecule has 0 aliphatic rings. The molecule has 0 radical (unpaired) electrons. The largest absolute Gasteiger partial charge is 0.743 e. The first-order valence-corrected chi connectivity index (χ1v) is 8.59. The molecule has 23 heteroatoms. The number of quaternary nitrogens is 1. The van der Waals surface area contributed by atoms with Crippen molar-refractivity contribution >= 4 is 10.1 Å². The topological polar surface area (TPSA) is 93.7 Å². The van der Waals surface area contributed by atoms with E-state index in [0.717, 1.165) is 0 Å². The van der Waals surface area contributed by atoms with Gasteiger partial charge in [0, 0.05) is 6.42 Å². The van der Waals surface area contributed by atoms with E-state index in [4.69, 9.17) is 0 Å². The number of alkyl halides is 18. The first-order chi connectivity index (χ1) is 13.9. The van der Waals surface area contributed by atoms with Gasteiger partial charge in [-0.05, 0) is 6.42 Å². The maximum absolute atomic E-state index is 13.4. The zero-order chi connectivity index (χ0) is 27.5. The number of halogens is 18. The van der Waals surface area contributed by atoms with Gasteiger partial charge in [0.25, 0.3) is 0 Å². The average Bonchev–Trinajstić information content (AvgIpc) is 2.56. The lowest BCUT2D eigenvalue weighted by molar-refractivity contribution is -0.439. The van der Waals surface area contributed by atoms with Gasteiger partial charge in [0.2, 0.25) is 0 Å². The van der Waals surface area contributed by atoms with Crippen molar-refractivity contribution in [1.29, 1.82) is 0 Å². The normalized spacial score (nSPS) is 16.8. The standard InChI is InChI=1S/C11H6F18O3S.H3N/c12-3(1-2-4(13,14)15)5(16,17)6(18,19)7(20,21)8(22,23)9(24,25)10(26,27)11(28,29)33(30,31)32;/h3H,1-2H2,(H,30,31,32);1H3. The summed E-state index contributed by atoms with van der Waals surface area (Å²) in [5.41, 5.74) is 0. The third kappa shape index (κ3) is 4.95. The molecule has 0 aromatic carbocycles. The summed E-state index contributed by atoms with van der Waals surface area (Å²) in [6.07, 6.45) is -16.5. The van der Waals surface area contributed by atoms with Crippen molar-refractivity contribution in [2.24, 2.45) is 0 Å². The summed E-state index contributed by atoms with van der Waals surface area (Å²) in [5, 5.41) is -7.93. The van der Waals surface area contributed by atoms with Crippen LogP contribution in [0.4, 0.5) is 79.0 Å². The quantitative estimate of drug-likeness (QED) is 0.255. The zero-order valence-electron chi connectivity index (χ0n) is 15.4. The van der Waals surface area contributed by atoms with Crippen molar-refractivity contribution < 1.29 is 92.0 Å². The van der Waals surface area contributed by atoms with Crippen LogP contribution in [-0.2, 0) is 10.1 Å². The summed E-state index contributed by atoms with van der Waals surface area (Å²) in [6, 6.07) is 0. The van der Waals surface area contributed by atoms with Gasteiger partial charge in [-0.25, -0.2) is 12.8 Å². The fourth-order valence-corrected chi connectivity index (χ4v) is 2.25. The van der Waals surface area contributed by atoms with Gasteiger partial charge in [0.15, 0.2) is 16.3 Å². The van der Waals surface area contributed by atoms with E-state index in [-0.39, 0.29) is 6.15 Å². The van der Waals surface area contributed by atoms with Crippen LogP contribution in [-0.4, -0.2) is 66.1 Å². The monoisotopic (exact) mass is 577 g/mol. The van der Waals surface area contributed by atoms with Gasteiger partial charge in [0.05, 0.1) is 0 Å². The van der Waals surface area contributed by atoms with E-state index in [1.807, 2.05) is 0 Å². The van der Waals surface area contributed by atoms with Crippen molar-refractivity contribution in [2.75, 3.05) is 0 Å². The van der Waals surface area contributed by atoms with E-state index in [1.165, 1.54) is 0 Å². The molecule has 0 aromatic rings. The van der Waals surface area contributed by atoms with Crippen molar-refractivity contribution in [2.45, 2.75) is 66.0 Å². The van der Waals surface area contributed by atoms with E-state index in [0.29, 0.717) is 0 Å². The molecule has 0 amide bonds. The van der Waals surface area contributed by atoms with Crippen LogP contribution >= 0.6 is 0 Å². The molecule has 1 atom stereocenters. The Bertz CT molecular complexity index is 819. The minimum Gasteiger partial charge on any atom is -0.743 e. The molecule has 0 aliphatic heterocycles. The molecule has 0 spiro atoms. The molecular weight excluding hydrogens is 568 g/mol. The van der Waals surface area contributed by atoms with E-state index in [2.05, 4.69) is 0 Å². The molecule has 208 valence electrons. The Balaban J connectivity index is 0. The second-order valence-electron chi connectivity index (χ2n) is 6.09. The highest BCUT2D eigenvalue weighted by molar-refractivity contribution is 7.86. The maximum Gasteiger partial charge on any atom is 0.402 e. The summed E-state index contributed by atoms with van der Waals surface area (Å²) in [4.78, 5) is 0. The Labute approximate surface area is 175 Å². The van der Waals surface area contributed by atoms with Gasteiger partial charge in [-0.15, -0.1) is 0 Å². The van der Waals surface area contributed by atoms with E-state index in [1.54, 1.807) is 0 Å². The molecule has 0 aromatic heterocycles. The molecule has 0 rings (SSSR count). The molecule has 4 nitrogen and oxygen atoms in total. The van der Waals surface area contributed by atoms with E-state index in [9.17, 15) is 92.0 Å². The van der Waals surface area contributed by atoms with Crippen LogP contribution in [0.3, 0.4) is 0 Å². The summed E-state index contributed by atoms with van der Waals surface area (Å²) in [7, 11) is -8.14. The van der Waals surface area contributed by atoms with Crippen LogP contribution in [0, 0.1) is 0 Å². The zero-order valence-corrected chi connectivity index (χ0v) is 16.2. The van der Waals surface area contributed by atoms with E-state index < -0.39 is 76.1 Å². The third-order valence-electron chi connectivity index (χ3n) is 3.75. The van der Waals surface area contributed by atoms with Crippen LogP contribution in [0.1, 0.15) is 12.8 Å². The lowest BCUT2D eigenvalue weighted by Gasteiger charge is -2.43. The molecule has 1 unspecified atom stereocenters. The van der Waals surface area contributed by atoms with Crippen LogP contribution < -0.4 is 6.15 Å². The molecule has 0 fully saturated rings. The molecule has 0 heterocycles. The highest BCUT2D eigenvalue weighted by atomic mass is 32.2. The minimum atomic E-state index is -8.81. The lowest BCUT2D eigenvalue weighted by Crippen LogP contribution is -2.74. The Kier molecular flexibility index (Phi) is 9.13. The second kappa shape index (κ2) is 8.92. The second-order valence-corrected chi connectivity index (χ2v) is 7.51. The Morgan fingerprint density at radius 2 is 0.882 bits per heavy atom. The molecule has 0 saturated heterocycles. The summed E-state index contributed by atoms with van der Waals surface area (Å²) in [5.74, 6) is -50.5. The molecule has 4 N–H and O–H groups in total. The van der Waals surface area contributed by atoms with Gasteiger partial charge in [-0.1, -0.05) is 0 Å². The fraction of sp³-hybridized carbons (Fsp3) is 1.00. The van der Waals surface area contributed by atoms with Gasteiger partial charge in [-0.3, -0.25) is 0 Å². The van der Waals surface area contributed by atoms with Crippen LogP contribution in [0.15, 0.2) is 0 Å². The fourth-order valence-electron chi connectivity index (χ4n) is 1.81. The van der Waals surface area contributed by atoms with E-state index >= 15 is 0 Å². The van der Waals surface area contributed by atoms with Crippen LogP contribution in [0.5, 0.6) is 0 Å². The number of hydrogen-bond acceptors (Lipinski definition) is 3. The lowest BCUT2D eigenvalue weighted by atomic mass is 9.89. The molecule has 34 heavy (non-hydrogen) atoms. The summed E-state index contributed by atoms with van der Waals surface area (Å²) < 4.78 is 263. The molecular formula is C11H9F18NO3S. The number of rotatable bonds is 10. The van der Waals surface area contributed by atoms with Gasteiger partial charge >= 0.3 is 47.0 Å². The molecule has 0 bridgehead atoms. The van der Waals surface area contributed by atoms with Crippen molar-refractivity contribution in [3.05, 3.63) is 0 Å². The first-order valence-electron chi connectivity index (χ1n) is 7.19. The predicted octanol–water partition coefficient (Wildman–Crippen LogP) is 5.99. The molecule has 0 aliphatic carbocycles. The number of hydrogen-bond donors (Lipinski definition) is 1. The molecule has 0 saturated carbocycles. The van der Waals surface area contributed by atoms with Crippen molar-refractivity contribution in [1.82, 2.24) is 6.15 Å². The Hall–Kier alpha value is -1.39. The SMILES string of the molecule is O=S(=O)([O-])C(F)(F)C(F)(F)C(F)(F)C(F)(F)C(F)(F)C(F)(F)C(F)(F)C(F)CCC(F)(F)F.[NH4+]. The summed E-state index contributed by atoms with van der Waals surface area (Å²) in [6.45, 7) is 0. The van der Waals surface area contributed by atoms with Crippen molar-refractivity contribution in [3.8, 4) is 0 Å². The summed E-state index contributed by atoms with van der Waals surface area (Å²) >= 11 is 0.